The highest BCUT2D eigenvalue weighted by molar-refractivity contribution is 5.82. The number of ketones is 1. The van der Waals surface area contributed by atoms with E-state index in [0.717, 1.165) is 12.2 Å². The summed E-state index contributed by atoms with van der Waals surface area (Å²) in [5.74, 6) is 1.27. The summed E-state index contributed by atoms with van der Waals surface area (Å²) in [6.45, 7) is 2.09. The topological polar surface area (TPSA) is 47.8 Å². The van der Waals surface area contributed by atoms with E-state index in [0.29, 0.717) is 18.6 Å². The molecule has 0 spiro atoms. The Kier molecular flexibility index (Phi) is 1.71. The zero-order valence-electron chi connectivity index (χ0n) is 7.95. The minimum absolute atomic E-state index is 0.0810. The first-order chi connectivity index (χ1) is 6.12. The van der Waals surface area contributed by atoms with Gasteiger partial charge >= 0.3 is 0 Å². The van der Waals surface area contributed by atoms with Crippen molar-refractivity contribution in [2.45, 2.75) is 31.6 Å². The number of aromatic nitrogens is 3. The quantitative estimate of drug-likeness (QED) is 0.641. The lowest BCUT2D eigenvalue weighted by Crippen LogP contribution is -2.23. The molecule has 1 heterocycles. The van der Waals surface area contributed by atoms with Gasteiger partial charge in [-0.2, -0.15) is 5.10 Å². The van der Waals surface area contributed by atoms with E-state index in [1.807, 2.05) is 7.05 Å². The summed E-state index contributed by atoms with van der Waals surface area (Å²) in [5, 5.41) is 4.03. The van der Waals surface area contributed by atoms with Gasteiger partial charge in [0.05, 0.1) is 0 Å². The van der Waals surface area contributed by atoms with Crippen LogP contribution in [-0.4, -0.2) is 20.5 Å². The molecule has 1 atom stereocenters. The van der Waals surface area contributed by atoms with Crippen LogP contribution in [0.4, 0.5) is 0 Å². The molecule has 0 saturated heterocycles. The molecular weight excluding hydrogens is 166 g/mol. The molecule has 0 radical (unpaired) electrons. The van der Waals surface area contributed by atoms with Gasteiger partial charge in [-0.3, -0.25) is 9.48 Å². The number of aryl methyl sites for hydroxylation is 1. The van der Waals surface area contributed by atoms with Gasteiger partial charge in [-0.25, -0.2) is 4.98 Å². The Morgan fingerprint density at radius 1 is 1.62 bits per heavy atom. The summed E-state index contributed by atoms with van der Waals surface area (Å²) >= 11 is 0. The van der Waals surface area contributed by atoms with Crippen LogP contribution in [0.25, 0.3) is 0 Å². The number of hydrogen-bond acceptors (Lipinski definition) is 3. The van der Waals surface area contributed by atoms with Gasteiger partial charge in [-0.1, -0.05) is 6.92 Å². The first-order valence-electron chi connectivity index (χ1n) is 4.48. The third kappa shape index (κ3) is 1.26. The third-order valence-corrected chi connectivity index (χ3v) is 2.79. The Morgan fingerprint density at radius 2 is 2.38 bits per heavy atom. The predicted molar refractivity (Wildman–Crippen MR) is 47.2 cm³/mol. The van der Waals surface area contributed by atoms with E-state index in [4.69, 9.17) is 0 Å². The van der Waals surface area contributed by atoms with Crippen LogP contribution in [-0.2, 0) is 17.3 Å². The Labute approximate surface area is 77.0 Å². The van der Waals surface area contributed by atoms with E-state index >= 15 is 0 Å². The van der Waals surface area contributed by atoms with Crippen molar-refractivity contribution in [3.8, 4) is 0 Å². The van der Waals surface area contributed by atoms with Crippen molar-refractivity contribution >= 4 is 5.78 Å². The summed E-state index contributed by atoms with van der Waals surface area (Å²) in [5.41, 5.74) is -0.0810. The van der Waals surface area contributed by atoms with Gasteiger partial charge in [-0.05, 0) is 6.42 Å². The molecule has 4 heteroatoms. The molecule has 70 valence electrons. The second-order valence-electron chi connectivity index (χ2n) is 3.98. The Balaban J connectivity index is 2.35. The van der Waals surface area contributed by atoms with Gasteiger partial charge in [0.2, 0.25) is 0 Å². The second kappa shape index (κ2) is 2.65. The first-order valence-corrected chi connectivity index (χ1v) is 4.48. The lowest BCUT2D eigenvalue weighted by Gasteiger charge is -2.20. The fourth-order valence-electron chi connectivity index (χ4n) is 2.06. The van der Waals surface area contributed by atoms with Crippen LogP contribution in [0.3, 0.4) is 0 Å². The molecule has 2 rings (SSSR count). The molecule has 0 amide bonds. The zero-order chi connectivity index (χ0) is 9.47. The molecule has 0 N–H and O–H groups in total. The van der Waals surface area contributed by atoms with E-state index in [9.17, 15) is 4.79 Å². The van der Waals surface area contributed by atoms with Gasteiger partial charge < -0.3 is 0 Å². The lowest BCUT2D eigenvalue weighted by molar-refractivity contribution is -0.117. The molecule has 4 nitrogen and oxygen atoms in total. The molecule has 1 aliphatic carbocycles. The molecule has 1 aliphatic rings. The lowest BCUT2D eigenvalue weighted by atomic mass is 9.88. The number of nitrogens with zero attached hydrogens (tertiary/aromatic N) is 3. The maximum Gasteiger partial charge on any atom is 0.138 e. The standard InChI is InChI=1S/C9H13N3O/c1-9(4-3-7(13)5-9)8-10-6-11-12(8)2/h6H,3-5H2,1-2H3. The number of rotatable bonds is 1. The summed E-state index contributed by atoms with van der Waals surface area (Å²) in [6.07, 6.45) is 3.74. The fourth-order valence-corrected chi connectivity index (χ4v) is 2.06. The van der Waals surface area contributed by atoms with Gasteiger partial charge in [0, 0.05) is 25.3 Å². The van der Waals surface area contributed by atoms with Crippen LogP contribution in [0.5, 0.6) is 0 Å². The van der Waals surface area contributed by atoms with Crippen molar-refractivity contribution in [3.63, 3.8) is 0 Å². The molecule has 0 bridgehead atoms. The second-order valence-corrected chi connectivity index (χ2v) is 3.98. The van der Waals surface area contributed by atoms with E-state index in [2.05, 4.69) is 17.0 Å². The average Bonchev–Trinajstić information content (AvgIpc) is 2.59. The highest BCUT2D eigenvalue weighted by atomic mass is 16.1. The number of hydrogen-bond donors (Lipinski definition) is 0. The third-order valence-electron chi connectivity index (χ3n) is 2.79. The molecule has 1 unspecified atom stereocenters. The van der Waals surface area contributed by atoms with Gasteiger partial charge in [0.1, 0.15) is 17.9 Å². The van der Waals surface area contributed by atoms with Crippen molar-refractivity contribution in [1.29, 1.82) is 0 Å². The van der Waals surface area contributed by atoms with E-state index in [1.54, 1.807) is 11.0 Å². The average molecular weight is 179 g/mol. The van der Waals surface area contributed by atoms with E-state index < -0.39 is 0 Å². The monoisotopic (exact) mass is 179 g/mol. The highest BCUT2D eigenvalue weighted by Crippen LogP contribution is 2.37. The van der Waals surface area contributed by atoms with Gasteiger partial charge in [0.25, 0.3) is 0 Å². The largest absolute Gasteiger partial charge is 0.300 e. The van der Waals surface area contributed by atoms with Crippen molar-refractivity contribution < 1.29 is 4.79 Å². The smallest absolute Gasteiger partial charge is 0.138 e. The van der Waals surface area contributed by atoms with Crippen LogP contribution in [0.1, 0.15) is 32.0 Å². The molecule has 1 saturated carbocycles. The number of carbonyl (C=O) groups is 1. The summed E-state index contributed by atoms with van der Waals surface area (Å²) < 4.78 is 1.76. The number of carbonyl (C=O) groups excluding carboxylic acids is 1. The van der Waals surface area contributed by atoms with Crippen molar-refractivity contribution in [2.75, 3.05) is 0 Å². The van der Waals surface area contributed by atoms with Crippen molar-refractivity contribution in [1.82, 2.24) is 14.8 Å². The van der Waals surface area contributed by atoms with Crippen LogP contribution in [0, 0.1) is 0 Å². The fraction of sp³-hybridized carbons (Fsp3) is 0.667. The molecular formula is C9H13N3O. The molecule has 13 heavy (non-hydrogen) atoms. The maximum absolute atomic E-state index is 11.2. The van der Waals surface area contributed by atoms with Crippen molar-refractivity contribution in [2.24, 2.45) is 7.05 Å². The molecule has 1 aromatic rings. The van der Waals surface area contributed by atoms with Crippen LogP contribution < -0.4 is 0 Å². The normalized spacial score (nSPS) is 28.3. The number of Topliss-reactive ketones (excluding diaryl/α,β-unsaturated/α-hetero) is 1. The summed E-state index contributed by atoms with van der Waals surface area (Å²) in [6, 6.07) is 0. The Hall–Kier alpha value is -1.19. The predicted octanol–water partition coefficient (Wildman–Crippen LogP) is 0.826. The van der Waals surface area contributed by atoms with Gasteiger partial charge in [-0.15, -0.1) is 0 Å². The van der Waals surface area contributed by atoms with Crippen LogP contribution in [0.15, 0.2) is 6.33 Å². The van der Waals surface area contributed by atoms with E-state index in [1.165, 1.54) is 0 Å². The molecule has 0 aliphatic heterocycles. The first kappa shape index (κ1) is 8.41. The van der Waals surface area contributed by atoms with Crippen LogP contribution >= 0.6 is 0 Å². The van der Waals surface area contributed by atoms with Gasteiger partial charge in [0.15, 0.2) is 0 Å². The van der Waals surface area contributed by atoms with E-state index in [-0.39, 0.29) is 5.41 Å². The molecule has 0 aromatic carbocycles. The summed E-state index contributed by atoms with van der Waals surface area (Å²) in [4.78, 5) is 15.4. The maximum atomic E-state index is 11.2. The van der Waals surface area contributed by atoms with Crippen LogP contribution in [0.2, 0.25) is 0 Å². The van der Waals surface area contributed by atoms with Crippen molar-refractivity contribution in [3.05, 3.63) is 12.2 Å². The molecule has 1 aromatic heterocycles. The minimum Gasteiger partial charge on any atom is -0.300 e. The Bertz CT molecular complexity index is 344. The molecule has 1 fully saturated rings. The Morgan fingerprint density at radius 3 is 2.85 bits per heavy atom. The highest BCUT2D eigenvalue weighted by Gasteiger charge is 2.38. The minimum atomic E-state index is -0.0810. The summed E-state index contributed by atoms with van der Waals surface area (Å²) in [7, 11) is 1.87. The zero-order valence-corrected chi connectivity index (χ0v) is 7.95. The SMILES string of the molecule is Cn1ncnc1C1(C)CCC(=O)C1.